The van der Waals surface area contributed by atoms with E-state index in [9.17, 15) is 23.6 Å². The van der Waals surface area contributed by atoms with Gasteiger partial charge in [-0.2, -0.15) is 0 Å². The minimum Gasteiger partial charge on any atom is -0.465 e. The zero-order valence-corrected chi connectivity index (χ0v) is 20.6. The normalized spacial score (nSPS) is 13.0. The zero-order valence-electron chi connectivity index (χ0n) is 20.6. The lowest BCUT2D eigenvalue weighted by atomic mass is 10.1. The molecular weight excluding hydrogens is 453 g/mol. The molecule has 1 aliphatic rings. The molecule has 0 radical (unpaired) electrons. The Kier molecular flexibility index (Phi) is 11.9. The van der Waals surface area contributed by atoms with Crippen molar-refractivity contribution in [3.63, 3.8) is 0 Å². The van der Waals surface area contributed by atoms with Gasteiger partial charge in [0, 0.05) is 49.7 Å². The molecule has 1 aromatic rings. The monoisotopic (exact) mass is 485 g/mol. The molecular formula is C26H32FN3O5. The smallest absolute Gasteiger partial charge is 0.339 e. The molecule has 35 heavy (non-hydrogen) atoms. The Morgan fingerprint density at radius 1 is 1.00 bits per heavy atom. The van der Waals surface area contributed by atoms with E-state index in [2.05, 4.69) is 22.9 Å². The molecule has 188 valence electrons. The summed E-state index contributed by atoms with van der Waals surface area (Å²) in [6.45, 7) is 13.3. The Morgan fingerprint density at radius 2 is 1.57 bits per heavy atom. The predicted molar refractivity (Wildman–Crippen MR) is 132 cm³/mol. The number of amides is 2. The molecule has 0 atom stereocenters. The van der Waals surface area contributed by atoms with Crippen LogP contribution in [0.4, 0.5) is 4.39 Å². The molecule has 1 N–H and O–H groups in total. The third-order valence-electron chi connectivity index (χ3n) is 5.12. The fraction of sp³-hybridized carbons (Fsp3) is 0.308. The van der Waals surface area contributed by atoms with Gasteiger partial charge in [0.2, 0.25) is 0 Å². The van der Waals surface area contributed by atoms with Crippen LogP contribution in [0.1, 0.15) is 40.1 Å². The van der Waals surface area contributed by atoms with Gasteiger partial charge in [-0.05, 0) is 24.6 Å². The van der Waals surface area contributed by atoms with Crippen LogP contribution in [-0.2, 0) is 14.3 Å². The number of hydrogen-bond acceptors (Lipinski definition) is 5. The maximum absolute atomic E-state index is 14.6. The third-order valence-corrected chi connectivity index (χ3v) is 5.12. The highest BCUT2D eigenvalue weighted by Crippen LogP contribution is 2.14. The summed E-state index contributed by atoms with van der Waals surface area (Å²) in [5, 5.41) is 0. The van der Waals surface area contributed by atoms with Gasteiger partial charge >= 0.3 is 5.97 Å². The first-order chi connectivity index (χ1) is 16.7. The second-order valence-electron chi connectivity index (χ2n) is 7.10. The Labute approximate surface area is 205 Å². The van der Waals surface area contributed by atoms with Gasteiger partial charge in [0.15, 0.2) is 0 Å². The second kappa shape index (κ2) is 14.3. The van der Waals surface area contributed by atoms with Gasteiger partial charge in [-0.25, -0.2) is 9.18 Å². The van der Waals surface area contributed by atoms with Crippen molar-refractivity contribution in [2.24, 2.45) is 0 Å². The van der Waals surface area contributed by atoms with Gasteiger partial charge < -0.3 is 19.5 Å². The molecule has 0 saturated carbocycles. The average molecular weight is 486 g/mol. The molecule has 1 aliphatic heterocycles. The van der Waals surface area contributed by atoms with Crippen molar-refractivity contribution in [1.82, 2.24) is 14.8 Å². The van der Waals surface area contributed by atoms with E-state index in [-0.39, 0.29) is 48.8 Å². The molecule has 0 bridgehead atoms. The maximum atomic E-state index is 14.6. The van der Waals surface area contributed by atoms with E-state index < -0.39 is 23.5 Å². The number of piperazine rings is 1. The molecule has 1 aromatic heterocycles. The van der Waals surface area contributed by atoms with Gasteiger partial charge in [0.1, 0.15) is 5.82 Å². The lowest BCUT2D eigenvalue weighted by molar-refractivity contribution is -0.134. The third kappa shape index (κ3) is 7.49. The number of Topliss-reactive ketones (excluding diaryl/α,β-unsaturated/α-hetero) is 1. The minimum atomic E-state index is -0.906. The number of carbonyl (C=O) groups excluding carboxylic acids is 4. The van der Waals surface area contributed by atoms with Crippen LogP contribution in [0.5, 0.6) is 0 Å². The van der Waals surface area contributed by atoms with Crippen molar-refractivity contribution in [2.45, 2.75) is 20.8 Å². The summed E-state index contributed by atoms with van der Waals surface area (Å²) < 4.78 is 19.2. The van der Waals surface area contributed by atoms with Crippen LogP contribution in [-0.4, -0.2) is 71.6 Å². The van der Waals surface area contributed by atoms with Crippen LogP contribution in [0.2, 0.25) is 0 Å². The molecule has 2 amide bonds. The van der Waals surface area contributed by atoms with Crippen LogP contribution in [0, 0.1) is 12.7 Å². The highest BCUT2D eigenvalue weighted by molar-refractivity contribution is 6.43. The van der Waals surface area contributed by atoms with Crippen molar-refractivity contribution in [2.75, 3.05) is 33.3 Å². The summed E-state index contributed by atoms with van der Waals surface area (Å²) >= 11 is 0. The summed E-state index contributed by atoms with van der Waals surface area (Å²) in [6.07, 6.45) is 6.87. The summed E-state index contributed by atoms with van der Waals surface area (Å²) in [6, 6.07) is 2.23. The number of methoxy groups -OCH3 is 1. The molecule has 1 fully saturated rings. The number of hydrogen-bond donors (Lipinski definition) is 1. The van der Waals surface area contributed by atoms with Crippen molar-refractivity contribution < 1.29 is 28.3 Å². The molecule has 2 heterocycles. The molecule has 0 unspecified atom stereocenters. The van der Waals surface area contributed by atoms with E-state index >= 15 is 0 Å². The summed E-state index contributed by atoms with van der Waals surface area (Å²) in [7, 11) is 1.19. The summed E-state index contributed by atoms with van der Waals surface area (Å²) in [4.78, 5) is 55.5. The topological polar surface area (TPSA) is 99.8 Å². The fourth-order valence-electron chi connectivity index (χ4n) is 3.18. The van der Waals surface area contributed by atoms with Gasteiger partial charge in [0.25, 0.3) is 17.6 Å². The number of ketones is 1. The van der Waals surface area contributed by atoms with E-state index in [1.165, 1.54) is 49.5 Å². The number of ether oxygens (including phenoxy) is 1. The van der Waals surface area contributed by atoms with E-state index in [0.717, 1.165) is 6.07 Å². The molecule has 0 aliphatic carbocycles. The molecule has 9 heteroatoms. The number of aromatic nitrogens is 1. The van der Waals surface area contributed by atoms with Crippen molar-refractivity contribution in [3.05, 3.63) is 84.0 Å². The molecule has 0 spiro atoms. The summed E-state index contributed by atoms with van der Waals surface area (Å²) in [5.74, 6) is -3.43. The highest BCUT2D eigenvalue weighted by atomic mass is 19.1. The molecule has 0 aromatic carbocycles. The highest BCUT2D eigenvalue weighted by Gasteiger charge is 2.30. The Balaban J connectivity index is 0.00000298. The number of esters is 1. The van der Waals surface area contributed by atoms with Gasteiger partial charge in [0.05, 0.1) is 12.7 Å². The summed E-state index contributed by atoms with van der Waals surface area (Å²) in [5.41, 5.74) is 0.176. The van der Waals surface area contributed by atoms with Crippen LogP contribution in [0.3, 0.4) is 0 Å². The number of carbonyl (C=O) groups is 4. The first kappa shape index (κ1) is 29.0. The number of rotatable bonds is 6. The van der Waals surface area contributed by atoms with E-state index in [1.807, 2.05) is 13.8 Å². The first-order valence-electron chi connectivity index (χ1n) is 11.1. The zero-order chi connectivity index (χ0) is 26.5. The predicted octanol–water partition coefficient (Wildman–Crippen LogP) is 3.55. The van der Waals surface area contributed by atoms with Gasteiger partial charge in [-0.1, -0.05) is 45.2 Å². The standard InChI is InChI=1S/C24H26FN3O5.C2H6/c1-5-7-17(6-2)22(30)27-10-12-28(13-11-27)23(31)21(29)19-15-26-14-18(24(32)33-4)8-9-20(25)16(19)3;1-2/h5-9,14-15,26H,1-2,10-13H2,3-4H3;1-2H3/b9-8?,17-7+,18-14?,19-15?,20-16?;. The SMILES string of the molecule is C=C/C=C(\C=C)C(=O)N1CCN(C(=O)C(=O)c2c[nH]cc(C(=O)OC)ccc(F)c2C)CC1.CC. The second-order valence-corrected chi connectivity index (χ2v) is 7.10. The number of H-pyrrole nitrogens is 1. The number of nitrogens with zero attached hydrogens (tertiary/aromatic N) is 2. The first-order valence-corrected chi connectivity index (χ1v) is 11.1. The van der Waals surface area contributed by atoms with Crippen LogP contribution in [0.15, 0.2) is 61.5 Å². The Hall–Kier alpha value is -4.01. The van der Waals surface area contributed by atoms with E-state index in [4.69, 9.17) is 0 Å². The number of allylic oxidation sites excluding steroid dienone is 2. The average Bonchev–Trinajstić information content (AvgIpc) is 2.96. The van der Waals surface area contributed by atoms with Crippen molar-refractivity contribution >= 4 is 23.6 Å². The lowest BCUT2D eigenvalue weighted by Gasteiger charge is -2.34. The molecule has 8 nitrogen and oxygen atoms in total. The van der Waals surface area contributed by atoms with Crippen LogP contribution < -0.4 is 0 Å². The minimum absolute atomic E-state index is 0.0295. The van der Waals surface area contributed by atoms with Crippen molar-refractivity contribution in [3.8, 4) is 0 Å². The van der Waals surface area contributed by atoms with Crippen molar-refractivity contribution in [1.29, 1.82) is 0 Å². The van der Waals surface area contributed by atoms with E-state index in [1.54, 1.807) is 11.0 Å². The quantitative estimate of drug-likeness (QED) is 0.218. The van der Waals surface area contributed by atoms with Crippen LogP contribution >= 0.6 is 0 Å². The Morgan fingerprint density at radius 3 is 2.09 bits per heavy atom. The van der Waals surface area contributed by atoms with E-state index in [0.29, 0.717) is 5.57 Å². The lowest BCUT2D eigenvalue weighted by Crippen LogP contribution is -2.52. The largest absolute Gasteiger partial charge is 0.465 e. The number of aromatic amines is 1. The van der Waals surface area contributed by atoms with Gasteiger partial charge in [-0.3, -0.25) is 14.4 Å². The number of nitrogens with one attached hydrogen (secondary N) is 1. The fourth-order valence-corrected chi connectivity index (χ4v) is 3.18. The van der Waals surface area contributed by atoms with Crippen LogP contribution in [0.25, 0.3) is 0 Å². The number of halogens is 1. The maximum Gasteiger partial charge on any atom is 0.339 e. The molecule has 2 rings (SSSR count). The molecule has 1 saturated heterocycles. The van der Waals surface area contributed by atoms with Gasteiger partial charge in [-0.15, -0.1) is 0 Å². The Bertz CT molecular complexity index is 1060.